The molecule has 1 atom stereocenters. The van der Waals surface area contributed by atoms with Gasteiger partial charge in [-0.15, -0.1) is 24.8 Å². The fourth-order valence-electron chi connectivity index (χ4n) is 2.68. The smallest absolute Gasteiger partial charge is 0.0507 e. The molecule has 0 amide bonds. The standard InChI is InChI=1S/C14H21Br2N3.2ClH/c1-2-3-13(19-6-4-18-5-7-19)11-8-10(15)9-12(16)14(11)17;;/h8-9,13,18H,2-7,17H2,1H3;2*1H/t13-;;/m0../s1. The maximum absolute atomic E-state index is 6.28. The predicted molar refractivity (Wildman–Crippen MR) is 103 cm³/mol. The lowest BCUT2D eigenvalue weighted by Gasteiger charge is -2.36. The lowest BCUT2D eigenvalue weighted by atomic mass is 9.98. The van der Waals surface area contributed by atoms with E-state index in [1.54, 1.807) is 0 Å². The van der Waals surface area contributed by atoms with E-state index in [1.807, 2.05) is 6.07 Å². The summed E-state index contributed by atoms with van der Waals surface area (Å²) in [5.41, 5.74) is 8.40. The molecule has 1 aliphatic heterocycles. The van der Waals surface area contributed by atoms with Crippen molar-refractivity contribution in [3.8, 4) is 0 Å². The zero-order valence-corrected chi connectivity index (χ0v) is 16.9. The molecule has 1 heterocycles. The first-order chi connectivity index (χ1) is 9.13. The Labute approximate surface area is 156 Å². The van der Waals surface area contributed by atoms with Crippen LogP contribution in [0.1, 0.15) is 31.4 Å². The maximum atomic E-state index is 6.28. The summed E-state index contributed by atoms with van der Waals surface area (Å²) in [6.07, 6.45) is 2.31. The molecule has 21 heavy (non-hydrogen) atoms. The van der Waals surface area contributed by atoms with Gasteiger partial charge in [0.1, 0.15) is 0 Å². The van der Waals surface area contributed by atoms with Gasteiger partial charge in [0.15, 0.2) is 0 Å². The zero-order chi connectivity index (χ0) is 13.8. The van der Waals surface area contributed by atoms with Crippen molar-refractivity contribution in [2.75, 3.05) is 31.9 Å². The van der Waals surface area contributed by atoms with Crippen LogP contribution in [0.5, 0.6) is 0 Å². The molecule has 0 bridgehead atoms. The third-order valence-electron chi connectivity index (χ3n) is 3.64. The minimum absolute atomic E-state index is 0. The van der Waals surface area contributed by atoms with E-state index < -0.39 is 0 Å². The summed E-state index contributed by atoms with van der Waals surface area (Å²) in [7, 11) is 0. The number of rotatable bonds is 4. The Kier molecular flexibility index (Phi) is 10.5. The van der Waals surface area contributed by atoms with Crippen LogP contribution in [0.4, 0.5) is 5.69 Å². The first kappa shape index (κ1) is 21.5. The molecule has 0 unspecified atom stereocenters. The maximum Gasteiger partial charge on any atom is 0.0507 e. The van der Waals surface area contributed by atoms with E-state index in [2.05, 4.69) is 55.1 Å². The molecule has 122 valence electrons. The second-order valence-electron chi connectivity index (χ2n) is 4.98. The van der Waals surface area contributed by atoms with Crippen molar-refractivity contribution in [1.82, 2.24) is 10.2 Å². The van der Waals surface area contributed by atoms with Crippen LogP contribution in [0.2, 0.25) is 0 Å². The lowest BCUT2D eigenvalue weighted by Crippen LogP contribution is -2.45. The van der Waals surface area contributed by atoms with Gasteiger partial charge in [-0.25, -0.2) is 0 Å². The Morgan fingerprint density at radius 1 is 1.24 bits per heavy atom. The summed E-state index contributed by atoms with van der Waals surface area (Å²) in [6, 6.07) is 4.60. The molecule has 0 aliphatic carbocycles. The average molecular weight is 464 g/mol. The fraction of sp³-hybridized carbons (Fsp3) is 0.571. The predicted octanol–water partition coefficient (Wildman–Crippen LogP) is 4.38. The van der Waals surface area contributed by atoms with Gasteiger partial charge >= 0.3 is 0 Å². The van der Waals surface area contributed by atoms with E-state index in [-0.39, 0.29) is 24.8 Å². The van der Waals surface area contributed by atoms with Crippen molar-refractivity contribution in [3.63, 3.8) is 0 Å². The van der Waals surface area contributed by atoms with E-state index in [4.69, 9.17) is 5.73 Å². The minimum atomic E-state index is 0. The Morgan fingerprint density at radius 2 is 1.86 bits per heavy atom. The third-order valence-corrected chi connectivity index (χ3v) is 4.75. The number of nitrogens with zero attached hydrogens (tertiary/aromatic N) is 1. The van der Waals surface area contributed by atoms with E-state index in [9.17, 15) is 0 Å². The Morgan fingerprint density at radius 3 is 2.43 bits per heavy atom. The van der Waals surface area contributed by atoms with E-state index in [1.165, 1.54) is 5.56 Å². The molecule has 0 aromatic heterocycles. The van der Waals surface area contributed by atoms with Crippen LogP contribution >= 0.6 is 56.7 Å². The van der Waals surface area contributed by atoms with Crippen molar-refractivity contribution < 1.29 is 0 Å². The van der Waals surface area contributed by atoms with Crippen LogP contribution in [0.25, 0.3) is 0 Å². The monoisotopic (exact) mass is 461 g/mol. The van der Waals surface area contributed by atoms with E-state index in [0.29, 0.717) is 6.04 Å². The molecular formula is C14H23Br2Cl2N3. The van der Waals surface area contributed by atoms with Crippen molar-refractivity contribution >= 4 is 62.4 Å². The Hall–Kier alpha value is 0.480. The highest BCUT2D eigenvalue weighted by atomic mass is 79.9. The first-order valence-corrected chi connectivity index (χ1v) is 8.41. The van der Waals surface area contributed by atoms with Gasteiger partial charge in [0.25, 0.3) is 0 Å². The number of benzene rings is 1. The molecule has 1 saturated heterocycles. The molecule has 1 fully saturated rings. The van der Waals surface area contributed by atoms with Crippen LogP contribution in [0, 0.1) is 0 Å². The van der Waals surface area contributed by atoms with Crippen molar-refractivity contribution in [2.45, 2.75) is 25.8 Å². The van der Waals surface area contributed by atoms with Gasteiger partial charge in [0.05, 0.1) is 5.69 Å². The molecular weight excluding hydrogens is 441 g/mol. The molecule has 0 saturated carbocycles. The molecule has 7 heteroatoms. The summed E-state index contributed by atoms with van der Waals surface area (Å²) >= 11 is 7.13. The van der Waals surface area contributed by atoms with Gasteiger partial charge in [0.2, 0.25) is 0 Å². The number of hydrogen-bond acceptors (Lipinski definition) is 3. The molecule has 1 aromatic carbocycles. The highest BCUT2D eigenvalue weighted by molar-refractivity contribution is 9.11. The Balaban J connectivity index is 0.00000200. The molecule has 1 aromatic rings. The van der Waals surface area contributed by atoms with Gasteiger partial charge in [-0.05, 0) is 40.0 Å². The van der Waals surface area contributed by atoms with E-state index >= 15 is 0 Å². The third kappa shape index (κ3) is 5.56. The molecule has 1 aliphatic rings. The number of piperazine rings is 1. The number of nitrogens with one attached hydrogen (secondary N) is 1. The summed E-state index contributed by atoms with van der Waals surface area (Å²) in [5.74, 6) is 0. The quantitative estimate of drug-likeness (QED) is 0.651. The average Bonchev–Trinajstić information content (AvgIpc) is 2.41. The SMILES string of the molecule is CCC[C@@H](c1cc(Br)cc(Br)c1N)N1CCNCC1.Cl.Cl. The number of nitrogens with two attached hydrogens (primary N) is 1. The van der Waals surface area contributed by atoms with Crippen molar-refractivity contribution in [3.05, 3.63) is 26.6 Å². The fourth-order valence-corrected chi connectivity index (χ4v) is 3.94. The summed E-state index contributed by atoms with van der Waals surface area (Å²) in [4.78, 5) is 2.55. The van der Waals surface area contributed by atoms with Crippen molar-refractivity contribution in [1.29, 1.82) is 0 Å². The van der Waals surface area contributed by atoms with Crippen LogP contribution in [0.3, 0.4) is 0 Å². The van der Waals surface area contributed by atoms with Gasteiger partial charge in [-0.2, -0.15) is 0 Å². The molecule has 0 radical (unpaired) electrons. The van der Waals surface area contributed by atoms with Crippen LogP contribution < -0.4 is 11.1 Å². The second kappa shape index (κ2) is 10.3. The van der Waals surface area contributed by atoms with Gasteiger partial charge in [0, 0.05) is 41.2 Å². The largest absolute Gasteiger partial charge is 0.398 e. The van der Waals surface area contributed by atoms with Crippen molar-refractivity contribution in [2.24, 2.45) is 0 Å². The molecule has 0 spiro atoms. The number of anilines is 1. The second-order valence-corrected chi connectivity index (χ2v) is 6.75. The topological polar surface area (TPSA) is 41.3 Å². The zero-order valence-electron chi connectivity index (χ0n) is 12.1. The summed E-state index contributed by atoms with van der Waals surface area (Å²) < 4.78 is 2.06. The Bertz CT molecular complexity index is 440. The molecule has 3 nitrogen and oxygen atoms in total. The van der Waals surface area contributed by atoms with Gasteiger partial charge in [-0.3, -0.25) is 4.90 Å². The lowest BCUT2D eigenvalue weighted by molar-refractivity contribution is 0.165. The number of nitrogen functional groups attached to an aromatic ring is 1. The first-order valence-electron chi connectivity index (χ1n) is 6.82. The van der Waals surface area contributed by atoms with Crippen LogP contribution in [-0.2, 0) is 0 Å². The van der Waals surface area contributed by atoms with E-state index in [0.717, 1.165) is 53.7 Å². The molecule has 2 rings (SSSR count). The highest BCUT2D eigenvalue weighted by Gasteiger charge is 2.24. The highest BCUT2D eigenvalue weighted by Crippen LogP contribution is 2.36. The van der Waals surface area contributed by atoms with Gasteiger partial charge < -0.3 is 11.1 Å². The molecule has 3 N–H and O–H groups in total. The summed E-state index contributed by atoms with van der Waals surface area (Å²) in [6.45, 7) is 6.55. The number of halogens is 4. The minimum Gasteiger partial charge on any atom is -0.398 e. The summed E-state index contributed by atoms with van der Waals surface area (Å²) in [5, 5.41) is 3.41. The normalized spacial score (nSPS) is 16.7. The van der Waals surface area contributed by atoms with Crippen LogP contribution in [-0.4, -0.2) is 31.1 Å². The van der Waals surface area contributed by atoms with Crippen LogP contribution in [0.15, 0.2) is 21.1 Å². The van der Waals surface area contributed by atoms with Gasteiger partial charge in [-0.1, -0.05) is 29.3 Å². The number of hydrogen-bond donors (Lipinski definition) is 2.